The lowest BCUT2D eigenvalue weighted by Crippen LogP contribution is -2.34. The van der Waals surface area contributed by atoms with Crippen molar-refractivity contribution in [2.75, 3.05) is 11.9 Å². The summed E-state index contributed by atoms with van der Waals surface area (Å²) in [4.78, 5) is 12.8. The fraction of sp³-hybridized carbons (Fsp3) is 0.167. The Kier molecular flexibility index (Phi) is 6.50. The molecule has 0 spiro atoms. The van der Waals surface area contributed by atoms with Crippen molar-refractivity contribution in [1.82, 2.24) is 19.6 Å². The van der Waals surface area contributed by atoms with Crippen LogP contribution in [0.25, 0.3) is 28.2 Å². The maximum absolute atomic E-state index is 15.0. The van der Waals surface area contributed by atoms with E-state index in [1.54, 1.807) is 10.7 Å². The lowest BCUT2D eigenvalue weighted by atomic mass is 10.0. The zero-order valence-corrected chi connectivity index (χ0v) is 21.1. The molecule has 7 nitrogen and oxygen atoms in total. The molecule has 3 heterocycles. The van der Waals surface area contributed by atoms with Crippen molar-refractivity contribution in [1.29, 1.82) is 0 Å². The SMILES string of the molecule is Cc1ccccc1-n1nc(-c2c(-c3ccc(F)cc3F)nn3c2NC[C@@H](OCc2ccccc2)C3)ccc1=O. The third-order valence-corrected chi connectivity index (χ3v) is 6.74. The van der Waals surface area contributed by atoms with E-state index in [-0.39, 0.29) is 17.2 Å². The number of hydrogen-bond acceptors (Lipinski definition) is 5. The van der Waals surface area contributed by atoms with Gasteiger partial charge in [-0.2, -0.15) is 14.9 Å². The highest BCUT2D eigenvalue weighted by Gasteiger charge is 2.29. The van der Waals surface area contributed by atoms with Gasteiger partial charge in [-0.15, -0.1) is 0 Å². The van der Waals surface area contributed by atoms with Crippen molar-refractivity contribution in [2.24, 2.45) is 0 Å². The average molecular weight is 526 g/mol. The maximum Gasteiger partial charge on any atom is 0.271 e. The molecule has 2 aromatic heterocycles. The molecule has 1 atom stereocenters. The number of fused-ring (bicyclic) bond motifs is 1. The van der Waals surface area contributed by atoms with Gasteiger partial charge in [0, 0.05) is 24.2 Å². The number of nitrogens with zero attached hydrogens (tertiary/aromatic N) is 4. The molecule has 0 bridgehead atoms. The Balaban J connectivity index is 1.43. The Labute approximate surface area is 223 Å². The number of benzene rings is 3. The number of anilines is 1. The van der Waals surface area contributed by atoms with Crippen molar-refractivity contribution in [2.45, 2.75) is 26.2 Å². The minimum Gasteiger partial charge on any atom is -0.370 e. The van der Waals surface area contributed by atoms with Crippen LogP contribution in [0.5, 0.6) is 0 Å². The zero-order chi connectivity index (χ0) is 26.9. The van der Waals surface area contributed by atoms with Crippen molar-refractivity contribution in [3.8, 4) is 28.2 Å². The van der Waals surface area contributed by atoms with E-state index in [1.165, 1.54) is 22.9 Å². The summed E-state index contributed by atoms with van der Waals surface area (Å²) in [6, 6.07) is 23.7. The van der Waals surface area contributed by atoms with Crippen molar-refractivity contribution >= 4 is 5.82 Å². The predicted molar refractivity (Wildman–Crippen MR) is 145 cm³/mol. The van der Waals surface area contributed by atoms with Crippen LogP contribution in [0.2, 0.25) is 0 Å². The Morgan fingerprint density at radius 2 is 1.77 bits per heavy atom. The van der Waals surface area contributed by atoms with Crippen molar-refractivity contribution in [3.05, 3.63) is 118 Å². The first-order chi connectivity index (χ1) is 19.0. The molecule has 196 valence electrons. The van der Waals surface area contributed by atoms with E-state index in [0.717, 1.165) is 17.2 Å². The molecule has 9 heteroatoms. The summed E-state index contributed by atoms with van der Waals surface area (Å²) < 4.78 is 38.0. The van der Waals surface area contributed by atoms with Gasteiger partial charge in [0.05, 0.1) is 36.2 Å². The summed E-state index contributed by atoms with van der Waals surface area (Å²) in [6.07, 6.45) is -0.190. The molecule has 0 unspecified atom stereocenters. The number of aryl methyl sites for hydroxylation is 1. The van der Waals surface area contributed by atoms with Crippen LogP contribution in [0.3, 0.4) is 0 Å². The first-order valence-electron chi connectivity index (χ1n) is 12.6. The van der Waals surface area contributed by atoms with Gasteiger partial charge in [-0.1, -0.05) is 48.5 Å². The summed E-state index contributed by atoms with van der Waals surface area (Å²) in [6.45, 7) is 3.25. The molecular formula is C30H25F2N5O2. The molecule has 6 rings (SSSR count). The lowest BCUT2D eigenvalue weighted by molar-refractivity contribution is 0.0320. The topological polar surface area (TPSA) is 74.0 Å². The largest absolute Gasteiger partial charge is 0.370 e. The van der Waals surface area contributed by atoms with E-state index in [1.807, 2.05) is 61.5 Å². The molecule has 3 aromatic carbocycles. The number of nitrogens with one attached hydrogen (secondary N) is 1. The Morgan fingerprint density at radius 3 is 2.56 bits per heavy atom. The highest BCUT2D eigenvalue weighted by atomic mass is 19.1. The summed E-state index contributed by atoms with van der Waals surface area (Å²) in [5.74, 6) is -0.799. The predicted octanol–water partition coefficient (Wildman–Crippen LogP) is 5.36. The molecule has 1 aliphatic heterocycles. The molecular weight excluding hydrogens is 500 g/mol. The third kappa shape index (κ3) is 4.84. The molecule has 0 aliphatic carbocycles. The minimum atomic E-state index is -0.740. The quantitative estimate of drug-likeness (QED) is 0.323. The van der Waals surface area contributed by atoms with Crippen LogP contribution in [-0.2, 0) is 17.9 Å². The second-order valence-corrected chi connectivity index (χ2v) is 9.43. The monoisotopic (exact) mass is 525 g/mol. The lowest BCUT2D eigenvalue weighted by Gasteiger charge is -2.26. The highest BCUT2D eigenvalue weighted by Crippen LogP contribution is 2.39. The van der Waals surface area contributed by atoms with Crippen LogP contribution in [0.1, 0.15) is 11.1 Å². The van der Waals surface area contributed by atoms with Crippen LogP contribution in [0, 0.1) is 18.6 Å². The summed E-state index contributed by atoms with van der Waals surface area (Å²) in [5.41, 5.74) is 3.64. The van der Waals surface area contributed by atoms with E-state index in [0.29, 0.717) is 48.2 Å². The first kappa shape index (κ1) is 24.7. The number of para-hydroxylation sites is 1. The van der Waals surface area contributed by atoms with Gasteiger partial charge in [0.15, 0.2) is 0 Å². The molecule has 0 amide bonds. The molecule has 0 saturated carbocycles. The van der Waals surface area contributed by atoms with Crippen LogP contribution >= 0.6 is 0 Å². The summed E-state index contributed by atoms with van der Waals surface area (Å²) >= 11 is 0. The second kappa shape index (κ2) is 10.3. The molecule has 0 saturated heterocycles. The van der Waals surface area contributed by atoms with Gasteiger partial charge < -0.3 is 10.1 Å². The fourth-order valence-corrected chi connectivity index (χ4v) is 4.77. The first-order valence-corrected chi connectivity index (χ1v) is 12.6. The number of halogens is 2. The van der Waals surface area contributed by atoms with E-state index in [2.05, 4.69) is 10.4 Å². The molecule has 1 aliphatic rings. The van der Waals surface area contributed by atoms with E-state index < -0.39 is 11.6 Å². The minimum absolute atomic E-state index is 0.132. The molecule has 1 N–H and O–H groups in total. The summed E-state index contributed by atoms with van der Waals surface area (Å²) in [5, 5.41) is 12.8. The number of ether oxygens (including phenoxy) is 1. The highest BCUT2D eigenvalue weighted by molar-refractivity contribution is 5.87. The van der Waals surface area contributed by atoms with E-state index in [9.17, 15) is 9.18 Å². The zero-order valence-electron chi connectivity index (χ0n) is 21.1. The van der Waals surface area contributed by atoms with Gasteiger partial charge in [-0.25, -0.2) is 13.5 Å². The number of aromatic nitrogens is 4. The maximum atomic E-state index is 15.0. The normalized spacial score (nSPS) is 14.6. The van der Waals surface area contributed by atoms with Crippen molar-refractivity contribution < 1.29 is 13.5 Å². The fourth-order valence-electron chi connectivity index (χ4n) is 4.77. The van der Waals surface area contributed by atoms with Crippen LogP contribution in [0.15, 0.2) is 89.7 Å². The van der Waals surface area contributed by atoms with E-state index in [4.69, 9.17) is 9.84 Å². The molecule has 0 fully saturated rings. The van der Waals surface area contributed by atoms with Gasteiger partial charge in [0.2, 0.25) is 0 Å². The Hall–Kier alpha value is -4.63. The Morgan fingerprint density at radius 1 is 0.974 bits per heavy atom. The van der Waals surface area contributed by atoms with Crippen LogP contribution < -0.4 is 10.9 Å². The second-order valence-electron chi connectivity index (χ2n) is 9.43. The Bertz CT molecular complexity index is 1710. The van der Waals surface area contributed by atoms with Crippen molar-refractivity contribution in [3.63, 3.8) is 0 Å². The molecule has 39 heavy (non-hydrogen) atoms. The van der Waals surface area contributed by atoms with Gasteiger partial charge in [-0.05, 0) is 42.3 Å². The average Bonchev–Trinajstić information content (AvgIpc) is 3.31. The van der Waals surface area contributed by atoms with Gasteiger partial charge in [-0.3, -0.25) is 4.79 Å². The molecule has 0 radical (unpaired) electrons. The van der Waals surface area contributed by atoms with Crippen LogP contribution in [-0.4, -0.2) is 32.2 Å². The van der Waals surface area contributed by atoms with Gasteiger partial charge in [0.1, 0.15) is 23.1 Å². The third-order valence-electron chi connectivity index (χ3n) is 6.74. The van der Waals surface area contributed by atoms with E-state index >= 15 is 4.39 Å². The van der Waals surface area contributed by atoms with Gasteiger partial charge >= 0.3 is 0 Å². The number of hydrogen-bond donors (Lipinski definition) is 1. The van der Waals surface area contributed by atoms with Crippen LogP contribution in [0.4, 0.5) is 14.6 Å². The summed E-state index contributed by atoms with van der Waals surface area (Å²) in [7, 11) is 0. The van der Waals surface area contributed by atoms with Gasteiger partial charge in [0.25, 0.3) is 5.56 Å². The number of rotatable bonds is 6. The smallest absolute Gasteiger partial charge is 0.271 e. The standard InChI is InChI=1S/C30H25F2N5O2/c1-19-7-5-6-10-26(19)37-27(38)14-13-25(34-37)28-29(23-12-11-21(31)15-24(23)32)35-36-17-22(16-33-30(28)36)39-18-20-8-3-2-4-9-20/h2-15,22,33H,16-18H2,1H3/t22-/m1/s1. The molecule has 5 aromatic rings.